The Morgan fingerprint density at radius 2 is 1.94 bits per heavy atom. The molecule has 0 aliphatic carbocycles. The second kappa shape index (κ2) is 5.48. The zero-order valence-electron chi connectivity index (χ0n) is 8.69. The number of rotatable bonds is 3. The van der Waals surface area contributed by atoms with E-state index in [1.54, 1.807) is 11.3 Å². The highest BCUT2D eigenvalue weighted by atomic mass is 79.9. The van der Waals surface area contributed by atoms with Gasteiger partial charge in [0.15, 0.2) is 0 Å². The van der Waals surface area contributed by atoms with E-state index in [0.29, 0.717) is 12.5 Å². The Balaban J connectivity index is 2.16. The molecule has 17 heavy (non-hydrogen) atoms. The first-order valence-electron chi connectivity index (χ1n) is 4.56. The zero-order chi connectivity index (χ0) is 12.4. The summed E-state index contributed by atoms with van der Waals surface area (Å²) in [6, 6.07) is 2.05. The molecule has 90 valence electrons. The monoisotopic (exact) mass is 352 g/mol. The number of hydrogen-bond acceptors (Lipinski definition) is 5. The number of thiophene rings is 1. The Hall–Kier alpha value is -0.430. The first kappa shape index (κ1) is 13.0. The van der Waals surface area contributed by atoms with Crippen molar-refractivity contribution in [1.82, 2.24) is 15.0 Å². The Morgan fingerprint density at radius 1 is 1.29 bits per heavy atom. The molecule has 0 bridgehead atoms. The maximum absolute atomic E-state index is 5.72. The summed E-state index contributed by atoms with van der Waals surface area (Å²) in [5.41, 5.74) is 0. The molecule has 2 rings (SSSR count). The number of aromatic nitrogens is 3. The lowest BCUT2D eigenvalue weighted by Crippen LogP contribution is -2.18. The SMILES string of the molecule is CN(Cc1cc(Br)cs1)c1nc(Cl)nc(Cl)n1. The Labute approximate surface area is 121 Å². The van der Waals surface area contributed by atoms with Gasteiger partial charge in [-0.25, -0.2) is 0 Å². The molecule has 0 aliphatic heterocycles. The normalized spacial score (nSPS) is 10.6. The number of nitrogens with zero attached hydrogens (tertiary/aromatic N) is 4. The molecule has 0 aromatic carbocycles. The molecule has 8 heteroatoms. The predicted molar refractivity (Wildman–Crippen MR) is 74.0 cm³/mol. The van der Waals surface area contributed by atoms with Crippen molar-refractivity contribution in [2.24, 2.45) is 0 Å². The molecular formula is C9H7BrCl2N4S. The van der Waals surface area contributed by atoms with Gasteiger partial charge in [0.05, 0.1) is 6.54 Å². The van der Waals surface area contributed by atoms with Gasteiger partial charge in [0, 0.05) is 21.8 Å². The van der Waals surface area contributed by atoms with E-state index in [2.05, 4.69) is 30.9 Å². The van der Waals surface area contributed by atoms with E-state index in [-0.39, 0.29) is 10.6 Å². The number of anilines is 1. The van der Waals surface area contributed by atoms with Crippen LogP contribution in [0, 0.1) is 0 Å². The maximum Gasteiger partial charge on any atom is 0.231 e. The fourth-order valence-corrected chi connectivity index (χ4v) is 3.09. The Bertz CT molecular complexity index is 513. The molecule has 0 N–H and O–H groups in total. The Morgan fingerprint density at radius 3 is 2.47 bits per heavy atom. The van der Waals surface area contributed by atoms with Crippen LogP contribution in [0.4, 0.5) is 5.95 Å². The third-order valence-corrected chi connectivity index (χ3v) is 3.95. The topological polar surface area (TPSA) is 41.9 Å². The molecule has 0 amide bonds. The van der Waals surface area contributed by atoms with Crippen LogP contribution in [0.1, 0.15) is 4.88 Å². The third-order valence-electron chi connectivity index (χ3n) is 1.93. The Kier molecular flexibility index (Phi) is 4.19. The quantitative estimate of drug-likeness (QED) is 0.844. The number of hydrogen-bond donors (Lipinski definition) is 0. The molecule has 0 fully saturated rings. The van der Waals surface area contributed by atoms with Gasteiger partial charge in [-0.2, -0.15) is 15.0 Å². The number of halogens is 3. The van der Waals surface area contributed by atoms with E-state index in [0.717, 1.165) is 4.47 Å². The van der Waals surface area contributed by atoms with Gasteiger partial charge in [-0.1, -0.05) is 0 Å². The molecule has 2 aromatic rings. The summed E-state index contributed by atoms with van der Waals surface area (Å²) in [5.74, 6) is 0.458. The summed E-state index contributed by atoms with van der Waals surface area (Å²) in [5, 5.41) is 2.22. The summed E-state index contributed by atoms with van der Waals surface area (Å²) >= 11 is 16.5. The molecule has 0 spiro atoms. The summed E-state index contributed by atoms with van der Waals surface area (Å²) < 4.78 is 1.07. The first-order valence-corrected chi connectivity index (χ1v) is 6.98. The van der Waals surface area contributed by atoms with Gasteiger partial charge in [0.1, 0.15) is 0 Å². The first-order chi connectivity index (χ1) is 8.04. The van der Waals surface area contributed by atoms with Crippen molar-refractivity contribution in [1.29, 1.82) is 0 Å². The van der Waals surface area contributed by atoms with Crippen LogP contribution < -0.4 is 4.90 Å². The smallest absolute Gasteiger partial charge is 0.231 e. The second-order valence-corrected chi connectivity index (χ2v) is 5.85. The minimum Gasteiger partial charge on any atom is -0.339 e. The van der Waals surface area contributed by atoms with Crippen LogP contribution in [0.2, 0.25) is 10.6 Å². The van der Waals surface area contributed by atoms with E-state index in [1.807, 2.05) is 23.4 Å². The molecule has 0 saturated carbocycles. The highest BCUT2D eigenvalue weighted by Gasteiger charge is 2.09. The van der Waals surface area contributed by atoms with Gasteiger partial charge in [0.25, 0.3) is 0 Å². The summed E-state index contributed by atoms with van der Waals surface area (Å²) in [4.78, 5) is 14.8. The fraction of sp³-hybridized carbons (Fsp3) is 0.222. The molecule has 4 nitrogen and oxygen atoms in total. The average molecular weight is 354 g/mol. The summed E-state index contributed by atoms with van der Waals surface area (Å²) in [7, 11) is 1.87. The minimum absolute atomic E-state index is 0.0965. The van der Waals surface area contributed by atoms with E-state index in [9.17, 15) is 0 Å². The highest BCUT2D eigenvalue weighted by molar-refractivity contribution is 9.10. The van der Waals surface area contributed by atoms with E-state index in [1.165, 1.54) is 4.88 Å². The molecule has 0 radical (unpaired) electrons. The molecule has 0 atom stereocenters. The molecule has 0 aliphatic rings. The highest BCUT2D eigenvalue weighted by Crippen LogP contribution is 2.22. The molecule has 0 unspecified atom stereocenters. The predicted octanol–water partition coefficient (Wildman–Crippen LogP) is 3.64. The lowest BCUT2D eigenvalue weighted by molar-refractivity contribution is 0.862. The van der Waals surface area contributed by atoms with E-state index in [4.69, 9.17) is 23.2 Å². The molecule has 2 aromatic heterocycles. The van der Waals surface area contributed by atoms with Gasteiger partial charge >= 0.3 is 0 Å². The molecule has 2 heterocycles. The standard InChI is InChI=1S/C9H7BrCl2N4S/c1-16(3-6-2-5(10)4-17-6)9-14-7(11)13-8(12)15-9/h2,4H,3H2,1H3. The van der Waals surface area contributed by atoms with Gasteiger partial charge in [-0.15, -0.1) is 11.3 Å². The minimum atomic E-state index is 0.0965. The van der Waals surface area contributed by atoms with E-state index >= 15 is 0 Å². The van der Waals surface area contributed by atoms with Crippen LogP contribution in [0.5, 0.6) is 0 Å². The maximum atomic E-state index is 5.72. The van der Waals surface area contributed by atoms with Crippen LogP contribution in [0.3, 0.4) is 0 Å². The van der Waals surface area contributed by atoms with Gasteiger partial charge in [-0.05, 0) is 45.2 Å². The van der Waals surface area contributed by atoms with Crippen LogP contribution in [-0.4, -0.2) is 22.0 Å². The lowest BCUT2D eigenvalue weighted by Gasteiger charge is -2.15. The zero-order valence-corrected chi connectivity index (χ0v) is 12.6. The van der Waals surface area contributed by atoms with Crippen molar-refractivity contribution in [3.63, 3.8) is 0 Å². The van der Waals surface area contributed by atoms with Crippen molar-refractivity contribution < 1.29 is 0 Å². The fourth-order valence-electron chi connectivity index (χ4n) is 1.23. The van der Waals surface area contributed by atoms with Gasteiger partial charge in [-0.3, -0.25) is 0 Å². The van der Waals surface area contributed by atoms with Crippen molar-refractivity contribution >= 4 is 56.4 Å². The van der Waals surface area contributed by atoms with Crippen LogP contribution >= 0.6 is 50.5 Å². The van der Waals surface area contributed by atoms with Crippen molar-refractivity contribution in [3.05, 3.63) is 31.4 Å². The van der Waals surface area contributed by atoms with Crippen LogP contribution in [0.25, 0.3) is 0 Å². The average Bonchev–Trinajstić information content (AvgIpc) is 2.62. The molecular weight excluding hydrogens is 347 g/mol. The molecule has 0 saturated heterocycles. The van der Waals surface area contributed by atoms with Gasteiger partial charge < -0.3 is 4.90 Å². The van der Waals surface area contributed by atoms with Crippen LogP contribution in [-0.2, 0) is 6.54 Å². The summed E-state index contributed by atoms with van der Waals surface area (Å²) in [6.07, 6.45) is 0. The second-order valence-electron chi connectivity index (χ2n) is 3.26. The van der Waals surface area contributed by atoms with Crippen molar-refractivity contribution in [3.8, 4) is 0 Å². The lowest BCUT2D eigenvalue weighted by atomic mass is 10.4. The van der Waals surface area contributed by atoms with Gasteiger partial charge in [0.2, 0.25) is 16.5 Å². The van der Waals surface area contributed by atoms with Crippen LogP contribution in [0.15, 0.2) is 15.9 Å². The van der Waals surface area contributed by atoms with E-state index < -0.39 is 0 Å². The van der Waals surface area contributed by atoms with Crippen molar-refractivity contribution in [2.75, 3.05) is 11.9 Å². The summed E-state index contributed by atoms with van der Waals surface area (Å²) in [6.45, 7) is 0.687. The van der Waals surface area contributed by atoms with Crippen molar-refractivity contribution in [2.45, 2.75) is 6.54 Å². The largest absolute Gasteiger partial charge is 0.339 e. The third kappa shape index (κ3) is 3.51.